The van der Waals surface area contributed by atoms with Crippen LogP contribution in [0.1, 0.15) is 0 Å². The number of rotatable bonds is 1. The second kappa shape index (κ2) is 2.48. The summed E-state index contributed by atoms with van der Waals surface area (Å²) in [6.45, 7) is 0. The second-order valence-electron chi connectivity index (χ2n) is 2.00. The summed E-state index contributed by atoms with van der Waals surface area (Å²) >= 11 is 0. The molecular formula is C5H3N7. The van der Waals surface area contributed by atoms with E-state index in [0.717, 1.165) is 0 Å². The summed E-state index contributed by atoms with van der Waals surface area (Å²) in [5.41, 5.74) is 9.27. The lowest BCUT2D eigenvalue weighted by atomic mass is 10.6. The Balaban J connectivity index is 2.78. The van der Waals surface area contributed by atoms with Crippen LogP contribution in [0.3, 0.4) is 0 Å². The minimum atomic E-state index is 0.503. The summed E-state index contributed by atoms with van der Waals surface area (Å²) in [4.78, 5) is 14.2. The van der Waals surface area contributed by atoms with Crippen LogP contribution in [0.2, 0.25) is 0 Å². The van der Waals surface area contributed by atoms with Gasteiger partial charge in [0.15, 0.2) is 11.8 Å². The Kier molecular flexibility index (Phi) is 1.36. The van der Waals surface area contributed by atoms with Gasteiger partial charge in [-0.1, -0.05) is 0 Å². The molecule has 7 nitrogen and oxygen atoms in total. The van der Waals surface area contributed by atoms with Crippen LogP contribution in [0.4, 0.5) is 0 Å². The molecule has 0 aliphatic rings. The molecule has 0 spiro atoms. The fourth-order valence-corrected chi connectivity index (χ4v) is 0.864. The summed E-state index contributed by atoms with van der Waals surface area (Å²) in [5.74, 6) is 0. The molecule has 2 rings (SSSR count). The second-order valence-corrected chi connectivity index (χ2v) is 2.00. The first kappa shape index (κ1) is 6.56. The average Bonchev–Trinajstić information content (AvgIpc) is 2.50. The molecular weight excluding hydrogens is 158 g/mol. The first-order valence-corrected chi connectivity index (χ1v) is 3.10. The van der Waals surface area contributed by atoms with Crippen LogP contribution >= 0.6 is 0 Å². The Hall–Kier alpha value is -2.14. The van der Waals surface area contributed by atoms with Crippen molar-refractivity contribution in [2.75, 3.05) is 0 Å². The summed E-state index contributed by atoms with van der Waals surface area (Å²) < 4.78 is 1.25. The van der Waals surface area contributed by atoms with Crippen molar-refractivity contribution in [2.45, 2.75) is 0 Å². The molecule has 0 aliphatic heterocycles. The smallest absolute Gasteiger partial charge is 0.242 e. The third-order valence-corrected chi connectivity index (χ3v) is 1.33. The number of nitrogens with zero attached hydrogens (tertiary/aromatic N) is 7. The van der Waals surface area contributed by atoms with Crippen LogP contribution in [0.5, 0.6) is 0 Å². The van der Waals surface area contributed by atoms with Crippen molar-refractivity contribution < 1.29 is 0 Å². The van der Waals surface area contributed by atoms with Gasteiger partial charge in [0.05, 0.1) is 6.20 Å². The molecule has 12 heavy (non-hydrogen) atoms. The number of aromatic nitrogens is 4. The number of hydrogen-bond donors (Lipinski definition) is 0. The quantitative estimate of drug-likeness (QED) is 0.353. The summed E-state index contributed by atoms with van der Waals surface area (Å²) in [6, 6.07) is 0. The lowest BCUT2D eigenvalue weighted by Crippen LogP contribution is -1.86. The maximum atomic E-state index is 8.16. The van der Waals surface area contributed by atoms with E-state index in [9.17, 15) is 0 Å². The van der Waals surface area contributed by atoms with Gasteiger partial charge in [-0.2, -0.15) is 9.90 Å². The number of hydrogen-bond acceptors (Lipinski definition) is 4. The van der Waals surface area contributed by atoms with Crippen molar-refractivity contribution in [3.63, 3.8) is 0 Å². The van der Waals surface area contributed by atoms with E-state index in [1.54, 1.807) is 6.20 Å². The van der Waals surface area contributed by atoms with Crippen LogP contribution in [0.25, 0.3) is 21.6 Å². The van der Waals surface area contributed by atoms with Crippen LogP contribution in [-0.2, 0) is 0 Å². The van der Waals surface area contributed by atoms with Crippen molar-refractivity contribution in [2.24, 2.45) is 5.22 Å². The van der Waals surface area contributed by atoms with E-state index in [2.05, 4.69) is 25.1 Å². The molecule has 0 aliphatic carbocycles. The molecule has 2 aromatic heterocycles. The third-order valence-electron chi connectivity index (χ3n) is 1.33. The van der Waals surface area contributed by atoms with Crippen LogP contribution in [0.15, 0.2) is 24.1 Å². The van der Waals surface area contributed by atoms with Crippen molar-refractivity contribution in [3.05, 3.63) is 29.3 Å². The highest BCUT2D eigenvalue weighted by Crippen LogP contribution is 2.05. The van der Waals surface area contributed by atoms with Gasteiger partial charge in [0.1, 0.15) is 6.33 Å². The number of imidazole rings is 1. The molecule has 0 atom stereocenters. The fraction of sp³-hybridized carbons (Fsp3) is 0. The molecule has 0 fully saturated rings. The Morgan fingerprint density at radius 1 is 1.50 bits per heavy atom. The van der Waals surface area contributed by atoms with Gasteiger partial charge in [-0.3, -0.25) is 0 Å². The van der Waals surface area contributed by atoms with E-state index >= 15 is 0 Å². The normalized spacial score (nSPS) is 9.67. The molecule has 0 amide bonds. The zero-order valence-electron chi connectivity index (χ0n) is 5.86. The Morgan fingerprint density at radius 2 is 2.42 bits per heavy atom. The summed E-state index contributed by atoms with van der Waals surface area (Å²) in [6.07, 6.45) is 4.30. The molecule has 0 N–H and O–H groups in total. The van der Waals surface area contributed by atoms with Gasteiger partial charge >= 0.3 is 0 Å². The molecule has 2 heterocycles. The fourth-order valence-electron chi connectivity index (χ4n) is 0.864. The maximum absolute atomic E-state index is 8.16. The first-order valence-electron chi connectivity index (χ1n) is 3.10. The predicted octanol–water partition coefficient (Wildman–Crippen LogP) is 0.900. The van der Waals surface area contributed by atoms with Crippen LogP contribution < -0.4 is 0 Å². The minimum Gasteiger partial charge on any atom is -0.242 e. The molecule has 7 heteroatoms. The Bertz CT molecular complexity index is 452. The SMILES string of the molecule is [N-]=[N+]=Nn1cnc2cncnc21. The monoisotopic (exact) mass is 161 g/mol. The van der Waals surface area contributed by atoms with E-state index < -0.39 is 0 Å². The van der Waals surface area contributed by atoms with Crippen LogP contribution in [-0.4, -0.2) is 19.6 Å². The third kappa shape index (κ3) is 0.850. The van der Waals surface area contributed by atoms with E-state index in [1.807, 2.05) is 0 Å². The summed E-state index contributed by atoms with van der Waals surface area (Å²) in [5, 5.41) is 3.34. The largest absolute Gasteiger partial charge is 0.259 e. The van der Waals surface area contributed by atoms with Gasteiger partial charge < -0.3 is 0 Å². The number of azide groups is 1. The molecule has 0 radical (unpaired) electrons. The molecule has 0 aromatic carbocycles. The van der Waals surface area contributed by atoms with E-state index in [1.165, 1.54) is 17.3 Å². The molecule has 2 aromatic rings. The highest BCUT2D eigenvalue weighted by Gasteiger charge is 2.04. The topological polar surface area (TPSA) is 92.4 Å². The average molecular weight is 161 g/mol. The lowest BCUT2D eigenvalue weighted by molar-refractivity contribution is 0.875. The van der Waals surface area contributed by atoms with E-state index in [-0.39, 0.29) is 0 Å². The predicted molar refractivity (Wildman–Crippen MR) is 39.9 cm³/mol. The van der Waals surface area contributed by atoms with Gasteiger partial charge in [0.25, 0.3) is 5.65 Å². The molecule has 0 saturated heterocycles. The van der Waals surface area contributed by atoms with Gasteiger partial charge in [0, 0.05) is 0 Å². The highest BCUT2D eigenvalue weighted by atomic mass is 15.5. The molecule has 0 saturated carbocycles. The van der Waals surface area contributed by atoms with Gasteiger partial charge in [-0.15, -0.1) is 10.2 Å². The van der Waals surface area contributed by atoms with E-state index in [4.69, 9.17) is 5.53 Å². The zero-order valence-corrected chi connectivity index (χ0v) is 5.86. The highest BCUT2D eigenvalue weighted by molar-refractivity contribution is 5.68. The molecule has 0 unspecified atom stereocenters. The van der Waals surface area contributed by atoms with Gasteiger partial charge in [-0.05, 0) is 5.22 Å². The van der Waals surface area contributed by atoms with Crippen molar-refractivity contribution >= 4 is 11.2 Å². The first-order chi connectivity index (χ1) is 5.92. The minimum absolute atomic E-state index is 0.503. The molecule has 58 valence electrons. The maximum Gasteiger partial charge on any atom is 0.259 e. The zero-order chi connectivity index (χ0) is 8.39. The number of fused-ring (bicyclic) bond motifs is 1. The van der Waals surface area contributed by atoms with Gasteiger partial charge in [-0.25, -0.2) is 9.97 Å². The standard InChI is InChI=1S/C5H3N7/c6-10-11-12-3-9-4-1-7-2-8-5(4)12/h1-3H. The van der Waals surface area contributed by atoms with Crippen molar-refractivity contribution in [1.29, 1.82) is 0 Å². The lowest BCUT2D eigenvalue weighted by Gasteiger charge is -1.84. The van der Waals surface area contributed by atoms with Gasteiger partial charge in [0.2, 0.25) is 0 Å². The van der Waals surface area contributed by atoms with Crippen molar-refractivity contribution in [3.8, 4) is 0 Å². The van der Waals surface area contributed by atoms with E-state index in [0.29, 0.717) is 11.2 Å². The Morgan fingerprint density at radius 3 is 3.25 bits per heavy atom. The summed E-state index contributed by atoms with van der Waals surface area (Å²) in [7, 11) is 0. The van der Waals surface area contributed by atoms with Crippen molar-refractivity contribution in [1.82, 2.24) is 19.6 Å². The van der Waals surface area contributed by atoms with Crippen LogP contribution in [0, 0.1) is 0 Å². The Labute approximate surface area is 66.3 Å². The molecule has 0 bridgehead atoms.